The van der Waals surface area contributed by atoms with Crippen molar-refractivity contribution < 1.29 is 13.6 Å². The van der Waals surface area contributed by atoms with Crippen LogP contribution >= 0.6 is 23.2 Å². The molecule has 4 aromatic rings. The van der Waals surface area contributed by atoms with Gasteiger partial charge in [0.2, 0.25) is 0 Å². The number of halogens is 4. The lowest BCUT2D eigenvalue weighted by Crippen LogP contribution is -2.51. The molecule has 0 aliphatic carbocycles. The van der Waals surface area contributed by atoms with Crippen LogP contribution < -0.4 is 5.32 Å². The van der Waals surface area contributed by atoms with Gasteiger partial charge in [-0.25, -0.2) is 13.5 Å². The fraction of sp³-hybridized carbons (Fsp3) is 0.226. The molecule has 0 bridgehead atoms. The second kappa shape index (κ2) is 11.3. The van der Waals surface area contributed by atoms with E-state index in [0.29, 0.717) is 41.8 Å². The van der Waals surface area contributed by atoms with Crippen LogP contribution in [0.2, 0.25) is 10.0 Å². The highest BCUT2D eigenvalue weighted by Crippen LogP contribution is 2.39. The van der Waals surface area contributed by atoms with Crippen molar-refractivity contribution in [3.8, 4) is 0 Å². The smallest absolute Gasteiger partial charge is 0.254 e. The summed E-state index contributed by atoms with van der Waals surface area (Å²) >= 11 is 12.6. The number of amides is 1. The molecular weight excluding hydrogens is 567 g/mol. The van der Waals surface area contributed by atoms with Crippen LogP contribution in [0.5, 0.6) is 0 Å². The zero-order valence-electron chi connectivity index (χ0n) is 22.2. The molecule has 6 rings (SSSR count). The summed E-state index contributed by atoms with van der Waals surface area (Å²) in [7, 11) is 0. The number of piperazine rings is 1. The minimum atomic E-state index is -0.479. The van der Waals surface area contributed by atoms with E-state index in [1.54, 1.807) is 47.3 Å². The normalized spacial score (nSPS) is 17.5. The fourth-order valence-electron chi connectivity index (χ4n) is 5.73. The third-order valence-corrected chi connectivity index (χ3v) is 8.47. The van der Waals surface area contributed by atoms with Gasteiger partial charge in [-0.3, -0.25) is 9.69 Å². The summed E-state index contributed by atoms with van der Waals surface area (Å²) in [6.45, 7) is 4.01. The van der Waals surface area contributed by atoms with Crippen LogP contribution in [0.15, 0.2) is 90.3 Å². The molecule has 1 unspecified atom stereocenters. The van der Waals surface area contributed by atoms with Crippen molar-refractivity contribution in [3.05, 3.63) is 129 Å². The lowest BCUT2D eigenvalue weighted by atomic mass is 9.93. The number of nitrogens with zero attached hydrogens (tertiary/aromatic N) is 4. The highest BCUT2D eigenvalue weighted by Gasteiger charge is 2.37. The molecule has 2 aliphatic heterocycles. The Bertz CT molecular complexity index is 1570. The van der Waals surface area contributed by atoms with E-state index in [0.717, 1.165) is 28.2 Å². The van der Waals surface area contributed by atoms with E-state index in [1.165, 1.54) is 24.3 Å². The van der Waals surface area contributed by atoms with E-state index in [1.807, 2.05) is 24.0 Å². The zero-order valence-corrected chi connectivity index (χ0v) is 23.7. The standard InChI is InChI=1S/C31H27Cl2F2N5O/c1-19-28(30(40-27(37-19)12-13-36-40)22-6-11-25(32)26(33)18-22)31(41)39-16-14-38(15-17-39)29(20-2-7-23(34)8-3-20)21-4-9-24(35)10-5-21/h2-13,18,29-30,37H,14-17H2,1H3. The van der Waals surface area contributed by atoms with Crippen molar-refractivity contribution in [3.63, 3.8) is 0 Å². The molecule has 1 aromatic heterocycles. The summed E-state index contributed by atoms with van der Waals surface area (Å²) in [5, 5.41) is 8.66. The molecule has 3 aromatic carbocycles. The van der Waals surface area contributed by atoms with Gasteiger partial charge in [-0.1, -0.05) is 53.5 Å². The number of benzene rings is 3. The number of hydrogen-bond acceptors (Lipinski definition) is 4. The number of rotatable bonds is 5. The number of anilines is 1. The highest BCUT2D eigenvalue weighted by molar-refractivity contribution is 6.42. The van der Waals surface area contributed by atoms with Crippen molar-refractivity contribution in [2.75, 3.05) is 31.5 Å². The molecule has 1 saturated heterocycles. The first-order valence-corrected chi connectivity index (χ1v) is 14.1. The van der Waals surface area contributed by atoms with Gasteiger partial charge < -0.3 is 10.2 Å². The van der Waals surface area contributed by atoms with Crippen molar-refractivity contribution in [2.24, 2.45) is 0 Å². The number of aromatic nitrogens is 2. The molecule has 0 radical (unpaired) electrons. The molecule has 1 N–H and O–H groups in total. The predicted molar refractivity (Wildman–Crippen MR) is 156 cm³/mol. The molecule has 2 aliphatic rings. The van der Waals surface area contributed by atoms with Crippen LogP contribution in [-0.2, 0) is 4.79 Å². The number of carbonyl (C=O) groups excluding carboxylic acids is 1. The second-order valence-corrected chi connectivity index (χ2v) is 11.0. The Hall–Kier alpha value is -3.72. The number of nitrogens with one attached hydrogen (secondary N) is 1. The van der Waals surface area contributed by atoms with Gasteiger partial charge in [0.1, 0.15) is 23.5 Å². The molecule has 41 heavy (non-hydrogen) atoms. The van der Waals surface area contributed by atoms with E-state index in [2.05, 4.69) is 15.3 Å². The van der Waals surface area contributed by atoms with Gasteiger partial charge >= 0.3 is 0 Å². The molecule has 0 saturated carbocycles. The van der Waals surface area contributed by atoms with Crippen LogP contribution in [0.25, 0.3) is 0 Å². The Kier molecular flexibility index (Phi) is 7.55. The highest BCUT2D eigenvalue weighted by atomic mass is 35.5. The Morgan fingerprint density at radius 3 is 2.07 bits per heavy atom. The zero-order chi connectivity index (χ0) is 28.7. The van der Waals surface area contributed by atoms with E-state index in [4.69, 9.17) is 23.2 Å². The molecule has 6 nitrogen and oxygen atoms in total. The van der Waals surface area contributed by atoms with Crippen molar-refractivity contribution in [2.45, 2.75) is 19.0 Å². The van der Waals surface area contributed by atoms with Crippen molar-refractivity contribution in [1.29, 1.82) is 0 Å². The van der Waals surface area contributed by atoms with Crippen LogP contribution in [-0.4, -0.2) is 51.7 Å². The van der Waals surface area contributed by atoms with Crippen LogP contribution in [0.4, 0.5) is 14.6 Å². The van der Waals surface area contributed by atoms with Gasteiger partial charge in [0.15, 0.2) is 0 Å². The lowest BCUT2D eigenvalue weighted by Gasteiger charge is -2.41. The quantitative estimate of drug-likeness (QED) is 0.280. The van der Waals surface area contributed by atoms with Gasteiger partial charge in [0.05, 0.1) is 27.9 Å². The molecule has 1 atom stereocenters. The van der Waals surface area contributed by atoms with Crippen LogP contribution in [0.1, 0.15) is 35.7 Å². The second-order valence-electron chi connectivity index (χ2n) is 10.2. The van der Waals surface area contributed by atoms with Gasteiger partial charge in [-0.05, 0) is 60.0 Å². The maximum atomic E-state index is 14.1. The van der Waals surface area contributed by atoms with Crippen LogP contribution in [0, 0.1) is 11.6 Å². The Morgan fingerprint density at radius 1 is 0.878 bits per heavy atom. The monoisotopic (exact) mass is 593 g/mol. The van der Waals surface area contributed by atoms with E-state index in [9.17, 15) is 13.6 Å². The van der Waals surface area contributed by atoms with Crippen molar-refractivity contribution in [1.82, 2.24) is 19.6 Å². The van der Waals surface area contributed by atoms with Gasteiger partial charge in [-0.15, -0.1) is 0 Å². The third kappa shape index (κ3) is 5.35. The summed E-state index contributed by atoms with van der Waals surface area (Å²) in [5.41, 5.74) is 3.94. The Labute approximate surface area is 246 Å². The van der Waals surface area contributed by atoms with Gasteiger partial charge in [0, 0.05) is 37.9 Å². The van der Waals surface area contributed by atoms with E-state index in [-0.39, 0.29) is 23.6 Å². The average Bonchev–Trinajstić information content (AvgIpc) is 3.44. The van der Waals surface area contributed by atoms with Gasteiger partial charge in [0.25, 0.3) is 5.91 Å². The average molecular weight is 594 g/mol. The summed E-state index contributed by atoms with van der Waals surface area (Å²) in [6, 6.07) is 19.3. The molecule has 0 spiro atoms. The number of carbonyl (C=O) groups is 1. The SMILES string of the molecule is CC1=C(C(=O)N2CCN(C(c3ccc(F)cc3)c3ccc(F)cc3)CC2)C(c2ccc(Cl)c(Cl)c2)n2nccc2N1. The summed E-state index contributed by atoms with van der Waals surface area (Å²) < 4.78 is 29.2. The molecule has 1 amide bonds. The first-order chi connectivity index (χ1) is 19.8. The van der Waals surface area contributed by atoms with Gasteiger partial charge in [-0.2, -0.15) is 5.10 Å². The summed E-state index contributed by atoms with van der Waals surface area (Å²) in [4.78, 5) is 18.2. The maximum absolute atomic E-state index is 14.1. The Balaban J connectivity index is 1.27. The van der Waals surface area contributed by atoms with Crippen LogP contribution in [0.3, 0.4) is 0 Å². The number of fused-ring (bicyclic) bond motifs is 1. The first-order valence-electron chi connectivity index (χ1n) is 13.3. The first kappa shape index (κ1) is 27.4. The summed E-state index contributed by atoms with van der Waals surface area (Å²) in [6.07, 6.45) is 1.69. The minimum Gasteiger partial charge on any atom is -0.344 e. The molecule has 1 fully saturated rings. The topological polar surface area (TPSA) is 53.4 Å². The molecule has 3 heterocycles. The fourth-order valence-corrected chi connectivity index (χ4v) is 6.04. The van der Waals surface area contributed by atoms with E-state index >= 15 is 0 Å². The molecular formula is C31H27Cl2F2N5O. The Morgan fingerprint density at radius 2 is 1.49 bits per heavy atom. The van der Waals surface area contributed by atoms with E-state index < -0.39 is 6.04 Å². The largest absolute Gasteiger partial charge is 0.344 e. The minimum absolute atomic E-state index is 0.0908. The summed E-state index contributed by atoms with van der Waals surface area (Å²) in [5.74, 6) is 0.0561. The maximum Gasteiger partial charge on any atom is 0.254 e. The predicted octanol–water partition coefficient (Wildman–Crippen LogP) is 6.69. The number of allylic oxidation sites excluding steroid dienone is 1. The lowest BCUT2D eigenvalue weighted by molar-refractivity contribution is -0.129. The molecule has 210 valence electrons. The third-order valence-electron chi connectivity index (χ3n) is 7.74. The number of hydrogen-bond donors (Lipinski definition) is 1. The molecule has 10 heteroatoms. The van der Waals surface area contributed by atoms with Crippen molar-refractivity contribution >= 4 is 34.9 Å².